The standard InChI is InChI=1S/C13H11N3O8/c14-4-7(12(20)15-8(5-17)13(21)22)1-6-2-9(16(23)24)11(19)10(18)3-6/h1-3,8,17-19H,5H2,(H,15,20)(H,21,22). The summed E-state index contributed by atoms with van der Waals surface area (Å²) in [5.41, 5.74) is -1.63. The second-order valence-corrected chi connectivity index (χ2v) is 4.38. The minimum absolute atomic E-state index is 0.153. The Morgan fingerprint density at radius 1 is 1.42 bits per heavy atom. The molecule has 0 heterocycles. The number of benzene rings is 1. The molecule has 11 heteroatoms. The average molecular weight is 337 g/mol. The molecule has 1 rings (SSSR count). The third-order valence-corrected chi connectivity index (χ3v) is 2.75. The Hall–Kier alpha value is -3.65. The Morgan fingerprint density at radius 3 is 2.50 bits per heavy atom. The van der Waals surface area contributed by atoms with Gasteiger partial charge < -0.3 is 25.7 Å². The first-order chi connectivity index (χ1) is 11.2. The number of carboxylic acid groups (broad SMARTS) is 1. The smallest absolute Gasteiger partial charge is 0.328 e. The second-order valence-electron chi connectivity index (χ2n) is 4.38. The number of phenols is 2. The van der Waals surface area contributed by atoms with Gasteiger partial charge in [-0.05, 0) is 17.7 Å². The lowest BCUT2D eigenvalue weighted by molar-refractivity contribution is -0.386. The van der Waals surface area contributed by atoms with E-state index < -0.39 is 52.2 Å². The summed E-state index contributed by atoms with van der Waals surface area (Å²) in [5.74, 6) is -4.49. The second kappa shape index (κ2) is 7.56. The maximum Gasteiger partial charge on any atom is 0.328 e. The van der Waals surface area contributed by atoms with Crippen molar-refractivity contribution in [3.05, 3.63) is 33.4 Å². The summed E-state index contributed by atoms with van der Waals surface area (Å²) < 4.78 is 0. The first kappa shape index (κ1) is 18.4. The predicted molar refractivity (Wildman–Crippen MR) is 76.7 cm³/mol. The predicted octanol–water partition coefficient (Wildman–Crippen LogP) is -0.525. The summed E-state index contributed by atoms with van der Waals surface area (Å²) in [6.07, 6.45) is 0.845. The molecule has 0 fully saturated rings. The van der Waals surface area contributed by atoms with E-state index in [4.69, 9.17) is 15.5 Å². The molecule has 0 aliphatic carbocycles. The zero-order valence-electron chi connectivity index (χ0n) is 11.8. The number of nitrogens with zero attached hydrogens (tertiary/aromatic N) is 2. The third-order valence-electron chi connectivity index (χ3n) is 2.75. The lowest BCUT2D eigenvalue weighted by atomic mass is 10.1. The van der Waals surface area contributed by atoms with Gasteiger partial charge in [0.05, 0.1) is 11.5 Å². The highest BCUT2D eigenvalue weighted by molar-refractivity contribution is 6.03. The zero-order chi connectivity index (χ0) is 18.4. The number of hydrogen-bond donors (Lipinski definition) is 5. The summed E-state index contributed by atoms with van der Waals surface area (Å²) in [5, 5.41) is 57.9. The van der Waals surface area contributed by atoms with Crippen molar-refractivity contribution in [1.82, 2.24) is 5.32 Å². The number of aliphatic carboxylic acids is 1. The van der Waals surface area contributed by atoms with E-state index in [0.29, 0.717) is 0 Å². The van der Waals surface area contributed by atoms with Crippen molar-refractivity contribution < 1.29 is 34.9 Å². The van der Waals surface area contributed by atoms with Gasteiger partial charge in [0, 0.05) is 6.07 Å². The van der Waals surface area contributed by atoms with Crippen LogP contribution in [0.3, 0.4) is 0 Å². The molecule has 0 saturated heterocycles. The molecule has 0 aliphatic rings. The summed E-state index contributed by atoms with van der Waals surface area (Å²) in [6.45, 7) is -0.911. The van der Waals surface area contributed by atoms with Gasteiger partial charge in [-0.2, -0.15) is 5.26 Å². The maximum absolute atomic E-state index is 11.8. The van der Waals surface area contributed by atoms with Crippen molar-refractivity contribution >= 4 is 23.6 Å². The fourth-order valence-electron chi connectivity index (χ4n) is 1.58. The number of aliphatic hydroxyl groups excluding tert-OH is 1. The Balaban J connectivity index is 3.22. The third kappa shape index (κ3) is 4.18. The maximum atomic E-state index is 11.8. The molecule has 0 saturated carbocycles. The minimum Gasteiger partial charge on any atom is -0.504 e. The van der Waals surface area contributed by atoms with E-state index in [-0.39, 0.29) is 5.56 Å². The van der Waals surface area contributed by atoms with Crippen molar-refractivity contribution in [3.8, 4) is 17.6 Å². The Bertz CT molecular complexity index is 765. The van der Waals surface area contributed by atoms with Gasteiger partial charge in [0.1, 0.15) is 11.6 Å². The van der Waals surface area contributed by atoms with Crippen LogP contribution in [-0.4, -0.2) is 49.9 Å². The minimum atomic E-state index is -1.64. The van der Waals surface area contributed by atoms with Gasteiger partial charge in [-0.1, -0.05) is 0 Å². The van der Waals surface area contributed by atoms with Crippen molar-refractivity contribution in [2.75, 3.05) is 6.61 Å². The van der Waals surface area contributed by atoms with Gasteiger partial charge in [0.15, 0.2) is 11.8 Å². The van der Waals surface area contributed by atoms with Crippen molar-refractivity contribution in [2.45, 2.75) is 6.04 Å². The molecule has 126 valence electrons. The topological polar surface area (TPSA) is 194 Å². The number of aliphatic hydroxyl groups is 1. The van der Waals surface area contributed by atoms with Gasteiger partial charge in [-0.15, -0.1) is 0 Å². The van der Waals surface area contributed by atoms with Crippen LogP contribution < -0.4 is 5.32 Å². The SMILES string of the molecule is N#CC(=Cc1cc(O)c(O)c([N+](=O)[O-])c1)C(=O)NC(CO)C(=O)O. The van der Waals surface area contributed by atoms with Gasteiger partial charge in [-0.3, -0.25) is 14.9 Å². The average Bonchev–Trinajstić information content (AvgIpc) is 2.52. The van der Waals surface area contributed by atoms with E-state index in [0.717, 1.165) is 18.2 Å². The van der Waals surface area contributed by atoms with E-state index in [1.165, 1.54) is 6.07 Å². The zero-order valence-corrected chi connectivity index (χ0v) is 11.8. The molecular weight excluding hydrogens is 326 g/mol. The number of rotatable bonds is 6. The van der Waals surface area contributed by atoms with Crippen LogP contribution in [0.1, 0.15) is 5.56 Å². The molecule has 24 heavy (non-hydrogen) atoms. The number of nitro benzene ring substituents is 1. The summed E-state index contributed by atoms with van der Waals surface area (Å²) in [6, 6.07) is 1.49. The summed E-state index contributed by atoms with van der Waals surface area (Å²) in [4.78, 5) is 32.3. The van der Waals surface area contributed by atoms with Crippen LogP contribution in [0.2, 0.25) is 0 Å². The van der Waals surface area contributed by atoms with E-state index in [1.807, 2.05) is 5.32 Å². The van der Waals surface area contributed by atoms with E-state index in [2.05, 4.69) is 0 Å². The molecule has 5 N–H and O–H groups in total. The molecule has 0 spiro atoms. The fourth-order valence-corrected chi connectivity index (χ4v) is 1.58. The first-order valence-corrected chi connectivity index (χ1v) is 6.18. The van der Waals surface area contributed by atoms with Crippen LogP contribution in [0.25, 0.3) is 6.08 Å². The Kier molecular flexibility index (Phi) is 5.80. The number of nitro groups is 1. The molecule has 1 atom stereocenters. The molecule has 0 aliphatic heterocycles. The highest BCUT2D eigenvalue weighted by atomic mass is 16.6. The number of carbonyl (C=O) groups is 2. The van der Waals surface area contributed by atoms with Crippen LogP contribution in [0, 0.1) is 21.4 Å². The molecule has 1 unspecified atom stereocenters. The fraction of sp³-hybridized carbons (Fsp3) is 0.154. The van der Waals surface area contributed by atoms with E-state index >= 15 is 0 Å². The van der Waals surface area contributed by atoms with Crippen LogP contribution in [0.4, 0.5) is 5.69 Å². The molecule has 0 aromatic heterocycles. The molecular formula is C13H11N3O8. The van der Waals surface area contributed by atoms with Crippen molar-refractivity contribution in [3.63, 3.8) is 0 Å². The molecule has 11 nitrogen and oxygen atoms in total. The Morgan fingerprint density at radius 2 is 2.04 bits per heavy atom. The highest BCUT2D eigenvalue weighted by Crippen LogP contribution is 2.36. The quantitative estimate of drug-likeness (QED) is 0.149. The number of aromatic hydroxyl groups is 2. The molecule has 0 radical (unpaired) electrons. The Labute approximate surface area is 133 Å². The lowest BCUT2D eigenvalue weighted by Gasteiger charge is -2.10. The van der Waals surface area contributed by atoms with E-state index in [9.17, 15) is 29.9 Å². The molecule has 1 aromatic rings. The lowest BCUT2D eigenvalue weighted by Crippen LogP contribution is -2.43. The number of nitrogens with one attached hydrogen (secondary N) is 1. The van der Waals surface area contributed by atoms with Gasteiger partial charge in [0.25, 0.3) is 5.91 Å². The van der Waals surface area contributed by atoms with Crippen LogP contribution in [-0.2, 0) is 9.59 Å². The summed E-state index contributed by atoms with van der Waals surface area (Å²) in [7, 11) is 0. The number of carboxylic acids is 1. The normalized spacial score (nSPS) is 12.1. The van der Waals surface area contributed by atoms with Crippen LogP contribution >= 0.6 is 0 Å². The van der Waals surface area contributed by atoms with Crippen LogP contribution in [0.5, 0.6) is 11.5 Å². The molecule has 1 amide bonds. The number of amides is 1. The van der Waals surface area contributed by atoms with E-state index in [1.54, 1.807) is 0 Å². The van der Waals surface area contributed by atoms with Gasteiger partial charge in [-0.25, -0.2) is 4.79 Å². The number of carbonyl (C=O) groups excluding carboxylic acids is 1. The highest BCUT2D eigenvalue weighted by Gasteiger charge is 2.22. The van der Waals surface area contributed by atoms with Gasteiger partial charge in [0.2, 0.25) is 5.75 Å². The van der Waals surface area contributed by atoms with Crippen molar-refractivity contribution in [2.24, 2.45) is 0 Å². The number of nitriles is 1. The van der Waals surface area contributed by atoms with Crippen molar-refractivity contribution in [1.29, 1.82) is 5.26 Å². The first-order valence-electron chi connectivity index (χ1n) is 6.18. The summed E-state index contributed by atoms with van der Waals surface area (Å²) >= 11 is 0. The molecule has 1 aromatic carbocycles. The number of hydrogen-bond acceptors (Lipinski definition) is 8. The monoisotopic (exact) mass is 337 g/mol. The number of phenolic OH excluding ortho intramolecular Hbond substituents is 2. The van der Waals surface area contributed by atoms with Crippen LogP contribution in [0.15, 0.2) is 17.7 Å². The largest absolute Gasteiger partial charge is 0.504 e. The van der Waals surface area contributed by atoms with Gasteiger partial charge >= 0.3 is 11.7 Å². The molecule has 0 bridgehead atoms.